The largest absolute Gasteiger partial charge is 0.497 e. The van der Waals surface area contributed by atoms with Crippen LogP contribution in [0.2, 0.25) is 0 Å². The molecule has 2 N–H and O–H groups in total. The second-order valence-electron chi connectivity index (χ2n) is 10.8. The molecular formula is C29H31N3O7S. The maximum absolute atomic E-state index is 13.3. The first-order chi connectivity index (χ1) is 19.2. The van der Waals surface area contributed by atoms with E-state index in [1.807, 2.05) is 30.3 Å². The number of benzene rings is 1. The number of carbonyl (C=O) groups excluding carboxylic acids is 2. The van der Waals surface area contributed by atoms with Gasteiger partial charge in [-0.1, -0.05) is 6.08 Å². The number of nitrogens with one attached hydrogen (secondary N) is 2. The van der Waals surface area contributed by atoms with Gasteiger partial charge in [0.25, 0.3) is 0 Å². The van der Waals surface area contributed by atoms with Crippen molar-refractivity contribution in [1.29, 1.82) is 0 Å². The van der Waals surface area contributed by atoms with Gasteiger partial charge in [-0.2, -0.15) is 0 Å². The molecule has 3 heterocycles. The number of fused-ring (bicyclic) bond motifs is 1. The van der Waals surface area contributed by atoms with Crippen LogP contribution in [0.5, 0.6) is 11.6 Å². The van der Waals surface area contributed by atoms with Crippen LogP contribution in [0.25, 0.3) is 22.0 Å². The van der Waals surface area contributed by atoms with Gasteiger partial charge >= 0.3 is 0 Å². The Bertz CT molecular complexity index is 1580. The van der Waals surface area contributed by atoms with Crippen LogP contribution >= 0.6 is 0 Å². The number of amides is 1. The number of hydrogen-bond acceptors (Lipinski definition) is 9. The molecule has 1 saturated heterocycles. The van der Waals surface area contributed by atoms with Crippen molar-refractivity contribution in [3.8, 4) is 22.9 Å². The first-order valence-electron chi connectivity index (χ1n) is 13.3. The summed E-state index contributed by atoms with van der Waals surface area (Å²) in [6.07, 6.45) is 6.33. The average molecular weight is 566 g/mol. The van der Waals surface area contributed by atoms with E-state index >= 15 is 0 Å². The summed E-state index contributed by atoms with van der Waals surface area (Å²) in [7, 11) is -1.89. The highest BCUT2D eigenvalue weighted by Crippen LogP contribution is 2.46. The molecule has 1 amide bonds. The van der Waals surface area contributed by atoms with Gasteiger partial charge in [-0.3, -0.25) is 9.59 Å². The van der Waals surface area contributed by atoms with Crippen molar-refractivity contribution in [2.24, 2.45) is 5.92 Å². The van der Waals surface area contributed by atoms with Crippen LogP contribution in [0.4, 0.5) is 0 Å². The smallest absolute Gasteiger partial charge is 0.238 e. The fraction of sp³-hybridized carbons (Fsp3) is 0.414. The maximum Gasteiger partial charge on any atom is 0.238 e. The number of ketones is 1. The van der Waals surface area contributed by atoms with Crippen molar-refractivity contribution in [2.75, 3.05) is 19.4 Å². The Morgan fingerprint density at radius 3 is 2.77 bits per heavy atom. The Balaban J connectivity index is 1.17. The standard InChI is InChI=1S/C29H31N3O7S/c1-3-19-13-29(19,26(33)16-40(35,36)22-5-6-22)32-27(34)25-12-21(14-30-25)39-28-23-7-4-20(37-2)10-18(23)11-24(31-28)17-8-9-38-15-17/h3-4,7-11,15,19,21-22,25,30H,1,5-6,12-14,16H2,2H3,(H,32,34)/t19-,21-,25+,29-/m1/s1. The van der Waals surface area contributed by atoms with Crippen LogP contribution in [-0.2, 0) is 19.4 Å². The minimum Gasteiger partial charge on any atom is -0.497 e. The topological polar surface area (TPSA) is 137 Å². The lowest BCUT2D eigenvalue weighted by Crippen LogP contribution is -2.52. The van der Waals surface area contributed by atoms with Gasteiger partial charge in [-0.25, -0.2) is 13.4 Å². The molecule has 0 bridgehead atoms. The summed E-state index contributed by atoms with van der Waals surface area (Å²) in [4.78, 5) is 31.1. The van der Waals surface area contributed by atoms with Gasteiger partial charge in [0.05, 0.1) is 36.6 Å². The molecule has 210 valence electrons. The molecule has 0 spiro atoms. The summed E-state index contributed by atoms with van der Waals surface area (Å²) >= 11 is 0. The van der Waals surface area contributed by atoms with Crippen molar-refractivity contribution >= 4 is 32.3 Å². The zero-order chi connectivity index (χ0) is 28.1. The molecule has 10 nitrogen and oxygen atoms in total. The number of ether oxygens (including phenoxy) is 2. The molecule has 2 aromatic heterocycles. The van der Waals surface area contributed by atoms with Gasteiger partial charge in [0.1, 0.15) is 23.1 Å². The molecule has 0 unspecified atom stereocenters. The number of aromatic nitrogens is 1. The monoisotopic (exact) mass is 565 g/mol. The first-order valence-corrected chi connectivity index (χ1v) is 15.0. The minimum absolute atomic E-state index is 0.287. The molecule has 40 heavy (non-hydrogen) atoms. The molecule has 6 rings (SSSR count). The fourth-order valence-corrected chi connectivity index (χ4v) is 7.11. The third-order valence-corrected chi connectivity index (χ3v) is 10.2. The number of hydrogen-bond donors (Lipinski definition) is 2. The SMILES string of the molecule is C=C[C@@H]1C[C@]1(NC(=O)[C@@H]1C[C@@H](Oc2nc(-c3ccoc3)cc3cc(OC)ccc23)CN1)C(=O)CS(=O)(=O)C1CC1. The number of rotatable bonds is 11. The van der Waals surface area contributed by atoms with Crippen molar-refractivity contribution in [3.63, 3.8) is 0 Å². The van der Waals surface area contributed by atoms with Gasteiger partial charge in [0, 0.05) is 29.8 Å². The summed E-state index contributed by atoms with van der Waals surface area (Å²) < 4.78 is 41.9. The van der Waals surface area contributed by atoms with E-state index in [1.165, 1.54) is 0 Å². The molecule has 11 heteroatoms. The van der Waals surface area contributed by atoms with Crippen LogP contribution in [0.15, 0.2) is 59.9 Å². The quantitative estimate of drug-likeness (QED) is 0.336. The normalized spacial score (nSPS) is 25.9. The zero-order valence-electron chi connectivity index (χ0n) is 22.1. The van der Waals surface area contributed by atoms with Gasteiger partial charge in [0.2, 0.25) is 11.8 Å². The van der Waals surface area contributed by atoms with Gasteiger partial charge in [-0.15, -0.1) is 6.58 Å². The third-order valence-electron chi connectivity index (χ3n) is 8.01. The Hall–Kier alpha value is -3.70. The highest BCUT2D eigenvalue weighted by Gasteiger charge is 2.60. The fourth-order valence-electron chi connectivity index (χ4n) is 5.40. The molecule has 4 atom stereocenters. The summed E-state index contributed by atoms with van der Waals surface area (Å²) in [5, 5.41) is 7.29. The second kappa shape index (κ2) is 10.0. The summed E-state index contributed by atoms with van der Waals surface area (Å²) in [5.41, 5.74) is 0.267. The van der Waals surface area contributed by atoms with Crippen molar-refractivity contribution in [3.05, 3.63) is 55.5 Å². The van der Waals surface area contributed by atoms with Crippen LogP contribution in [-0.4, -0.2) is 67.4 Å². The lowest BCUT2D eigenvalue weighted by Gasteiger charge is -2.20. The Morgan fingerprint density at radius 2 is 2.10 bits per heavy atom. The van der Waals surface area contributed by atoms with Gasteiger partial charge in [0.15, 0.2) is 15.6 Å². The molecule has 2 aliphatic carbocycles. The van der Waals surface area contributed by atoms with Gasteiger partial charge in [-0.05, 0) is 55.0 Å². The van der Waals surface area contributed by atoms with E-state index in [-0.39, 0.29) is 17.9 Å². The number of pyridine rings is 1. The van der Waals surface area contributed by atoms with E-state index < -0.39 is 38.2 Å². The van der Waals surface area contributed by atoms with E-state index in [0.29, 0.717) is 49.6 Å². The lowest BCUT2D eigenvalue weighted by atomic mass is 10.1. The number of carbonyl (C=O) groups is 2. The Labute approximate surface area is 232 Å². The van der Waals surface area contributed by atoms with Crippen LogP contribution in [0, 0.1) is 5.92 Å². The highest BCUT2D eigenvalue weighted by molar-refractivity contribution is 7.93. The molecule has 1 aliphatic heterocycles. The second-order valence-corrected chi connectivity index (χ2v) is 13.1. The maximum atomic E-state index is 13.3. The molecule has 3 aromatic rings. The molecule has 1 aromatic carbocycles. The molecule has 2 saturated carbocycles. The van der Waals surface area contributed by atoms with Crippen molar-refractivity contribution in [2.45, 2.75) is 48.6 Å². The Kier molecular flexibility index (Phi) is 6.66. The molecular weight excluding hydrogens is 534 g/mol. The van der Waals surface area contributed by atoms with Crippen LogP contribution in [0.3, 0.4) is 0 Å². The molecule has 3 aliphatic rings. The van der Waals surface area contributed by atoms with E-state index in [2.05, 4.69) is 17.2 Å². The number of methoxy groups -OCH3 is 1. The predicted molar refractivity (Wildman–Crippen MR) is 148 cm³/mol. The number of sulfone groups is 1. The lowest BCUT2D eigenvalue weighted by molar-refractivity contribution is -0.129. The van der Waals surface area contributed by atoms with E-state index in [4.69, 9.17) is 18.9 Å². The van der Waals surface area contributed by atoms with Gasteiger partial charge < -0.3 is 24.5 Å². The zero-order valence-corrected chi connectivity index (χ0v) is 22.9. The first kappa shape index (κ1) is 26.5. The number of Topliss-reactive ketones (excluding diaryl/α,β-unsaturated/α-hetero) is 1. The summed E-state index contributed by atoms with van der Waals surface area (Å²) in [5.74, 6) is -0.538. The number of nitrogens with zero attached hydrogens (tertiary/aromatic N) is 1. The van der Waals surface area contributed by atoms with Crippen molar-refractivity contribution in [1.82, 2.24) is 15.6 Å². The average Bonchev–Trinajstić information content (AvgIpc) is 3.80. The molecule has 3 fully saturated rings. The van der Waals surface area contributed by atoms with Crippen molar-refractivity contribution < 1.29 is 31.9 Å². The van der Waals surface area contributed by atoms with E-state index in [0.717, 1.165) is 16.3 Å². The van der Waals surface area contributed by atoms with Crippen LogP contribution in [0.1, 0.15) is 25.7 Å². The van der Waals surface area contributed by atoms with E-state index in [1.54, 1.807) is 25.7 Å². The van der Waals surface area contributed by atoms with Crippen LogP contribution < -0.4 is 20.1 Å². The summed E-state index contributed by atoms with van der Waals surface area (Å²) in [6.45, 7) is 4.16. The Morgan fingerprint density at radius 1 is 1.27 bits per heavy atom. The predicted octanol–water partition coefficient (Wildman–Crippen LogP) is 2.82. The van der Waals surface area contributed by atoms with E-state index in [9.17, 15) is 18.0 Å². The minimum atomic E-state index is -3.49. The summed E-state index contributed by atoms with van der Waals surface area (Å²) in [6, 6.07) is 8.77. The third kappa shape index (κ3) is 4.99. The highest BCUT2D eigenvalue weighted by atomic mass is 32.2. The molecule has 0 radical (unpaired) electrons. The number of furan rings is 1.